The molecule has 5 N–H and O–H groups in total. The highest BCUT2D eigenvalue weighted by atomic mass is 32.2. The Balaban J connectivity index is 3.10. The molecule has 0 aromatic heterocycles. The maximum absolute atomic E-state index is 13.3. The summed E-state index contributed by atoms with van der Waals surface area (Å²) in [5, 5.41) is 0. The number of amides is 1. The number of nitrogens with one attached hydrogen (secondary N) is 1. The molecular weight excluding hydrogens is 273 g/mol. The summed E-state index contributed by atoms with van der Waals surface area (Å²) >= 11 is 0. The van der Waals surface area contributed by atoms with Gasteiger partial charge in [-0.05, 0) is 24.1 Å². The van der Waals surface area contributed by atoms with Crippen molar-refractivity contribution in [2.24, 2.45) is 11.7 Å². The molecule has 0 saturated carbocycles. The minimum absolute atomic E-state index is 0.158. The van der Waals surface area contributed by atoms with Gasteiger partial charge in [0.15, 0.2) is 0 Å². The summed E-state index contributed by atoms with van der Waals surface area (Å²) in [5.41, 5.74) is 10.2. The van der Waals surface area contributed by atoms with Crippen LogP contribution in [0.2, 0.25) is 0 Å². The molecule has 0 aliphatic rings. The number of primary amides is 1. The number of benzene rings is 1. The molecule has 1 atom stereocenters. The molecule has 0 saturated heterocycles. The number of halogens is 1. The SMILES string of the molecule is CC(C)C(NS(=O)(=O)c1ccc(N)c(F)c1)C(N)=O. The van der Waals surface area contributed by atoms with Crippen molar-refractivity contribution in [1.82, 2.24) is 4.72 Å². The lowest BCUT2D eigenvalue weighted by atomic mass is 10.1. The average molecular weight is 289 g/mol. The van der Waals surface area contributed by atoms with E-state index in [4.69, 9.17) is 11.5 Å². The Morgan fingerprint density at radius 1 is 1.37 bits per heavy atom. The zero-order chi connectivity index (χ0) is 14.8. The molecule has 0 bridgehead atoms. The number of anilines is 1. The van der Waals surface area contributed by atoms with Gasteiger partial charge >= 0.3 is 0 Å². The summed E-state index contributed by atoms with van der Waals surface area (Å²) in [6.45, 7) is 3.28. The highest BCUT2D eigenvalue weighted by Crippen LogP contribution is 2.17. The van der Waals surface area contributed by atoms with Gasteiger partial charge in [0.25, 0.3) is 0 Å². The van der Waals surface area contributed by atoms with Gasteiger partial charge in [-0.25, -0.2) is 12.8 Å². The van der Waals surface area contributed by atoms with Crippen LogP contribution in [0.3, 0.4) is 0 Å². The van der Waals surface area contributed by atoms with Crippen LogP contribution in [0.4, 0.5) is 10.1 Å². The highest BCUT2D eigenvalue weighted by molar-refractivity contribution is 7.89. The Kier molecular flexibility index (Phi) is 4.48. The van der Waals surface area contributed by atoms with Gasteiger partial charge in [0.05, 0.1) is 10.6 Å². The molecule has 0 spiro atoms. The summed E-state index contributed by atoms with van der Waals surface area (Å²) in [6.07, 6.45) is 0. The van der Waals surface area contributed by atoms with Crippen molar-refractivity contribution < 1.29 is 17.6 Å². The monoisotopic (exact) mass is 289 g/mol. The van der Waals surface area contributed by atoms with E-state index in [9.17, 15) is 17.6 Å². The van der Waals surface area contributed by atoms with E-state index in [1.165, 1.54) is 0 Å². The first-order chi connectivity index (χ1) is 8.65. The summed E-state index contributed by atoms with van der Waals surface area (Å²) in [5.74, 6) is -1.97. The highest BCUT2D eigenvalue weighted by Gasteiger charge is 2.26. The van der Waals surface area contributed by atoms with Crippen LogP contribution >= 0.6 is 0 Å². The molecule has 1 rings (SSSR count). The molecule has 0 heterocycles. The van der Waals surface area contributed by atoms with Gasteiger partial charge in [-0.1, -0.05) is 13.8 Å². The summed E-state index contributed by atoms with van der Waals surface area (Å²) in [4.78, 5) is 10.9. The van der Waals surface area contributed by atoms with Crippen LogP contribution in [0.25, 0.3) is 0 Å². The molecule has 0 radical (unpaired) electrons. The Hall–Kier alpha value is -1.67. The van der Waals surface area contributed by atoms with Gasteiger partial charge in [0.2, 0.25) is 15.9 Å². The van der Waals surface area contributed by atoms with Crippen LogP contribution in [-0.2, 0) is 14.8 Å². The first-order valence-electron chi connectivity index (χ1n) is 5.52. The fourth-order valence-corrected chi connectivity index (χ4v) is 2.80. The van der Waals surface area contributed by atoms with Crippen molar-refractivity contribution >= 4 is 21.6 Å². The maximum Gasteiger partial charge on any atom is 0.241 e. The molecule has 0 aliphatic heterocycles. The van der Waals surface area contributed by atoms with Crippen molar-refractivity contribution in [3.05, 3.63) is 24.0 Å². The largest absolute Gasteiger partial charge is 0.396 e. The molecule has 0 fully saturated rings. The summed E-state index contributed by atoms with van der Waals surface area (Å²) < 4.78 is 39.4. The Morgan fingerprint density at radius 2 is 1.95 bits per heavy atom. The predicted octanol–water partition coefficient (Wildman–Crippen LogP) is 0.196. The molecule has 1 aromatic carbocycles. The van der Waals surface area contributed by atoms with Crippen molar-refractivity contribution in [2.45, 2.75) is 24.8 Å². The topological polar surface area (TPSA) is 115 Å². The number of rotatable bonds is 5. The number of sulfonamides is 1. The molecular formula is C11H16FN3O3S. The second-order valence-corrected chi connectivity index (χ2v) is 6.14. The molecule has 1 unspecified atom stereocenters. The van der Waals surface area contributed by atoms with E-state index in [1.54, 1.807) is 13.8 Å². The van der Waals surface area contributed by atoms with Crippen molar-refractivity contribution in [1.29, 1.82) is 0 Å². The number of hydrogen-bond donors (Lipinski definition) is 3. The van der Waals surface area contributed by atoms with Gasteiger partial charge in [-0.3, -0.25) is 4.79 Å². The molecule has 6 nitrogen and oxygen atoms in total. The molecule has 0 aliphatic carbocycles. The third-order valence-electron chi connectivity index (χ3n) is 2.54. The standard InChI is InChI=1S/C11H16FN3O3S/c1-6(2)10(11(14)16)15-19(17,18)7-3-4-9(13)8(12)5-7/h3-6,10,15H,13H2,1-2H3,(H2,14,16). The first kappa shape index (κ1) is 15.4. The van der Waals surface area contributed by atoms with Crippen LogP contribution in [0.15, 0.2) is 23.1 Å². The van der Waals surface area contributed by atoms with Crippen molar-refractivity contribution in [3.63, 3.8) is 0 Å². The van der Waals surface area contributed by atoms with E-state index >= 15 is 0 Å². The maximum atomic E-state index is 13.3. The van der Waals surface area contributed by atoms with E-state index in [2.05, 4.69) is 4.72 Å². The minimum atomic E-state index is -4.04. The number of carbonyl (C=O) groups is 1. The first-order valence-corrected chi connectivity index (χ1v) is 7.00. The molecule has 19 heavy (non-hydrogen) atoms. The lowest BCUT2D eigenvalue weighted by Gasteiger charge is -2.19. The van der Waals surface area contributed by atoms with Crippen LogP contribution in [0, 0.1) is 11.7 Å². The van der Waals surface area contributed by atoms with Crippen LogP contribution in [0.5, 0.6) is 0 Å². The van der Waals surface area contributed by atoms with Crippen molar-refractivity contribution in [3.8, 4) is 0 Å². The zero-order valence-corrected chi connectivity index (χ0v) is 11.4. The second kappa shape index (κ2) is 5.54. The number of hydrogen-bond acceptors (Lipinski definition) is 4. The molecule has 8 heteroatoms. The third-order valence-corrected chi connectivity index (χ3v) is 3.98. The van der Waals surface area contributed by atoms with E-state index in [1.807, 2.05) is 0 Å². The summed E-state index contributed by atoms with van der Waals surface area (Å²) in [7, 11) is -4.04. The van der Waals surface area contributed by atoms with Gasteiger partial charge < -0.3 is 11.5 Å². The van der Waals surface area contributed by atoms with Gasteiger partial charge in [0, 0.05) is 0 Å². The number of nitrogens with two attached hydrogens (primary N) is 2. The lowest BCUT2D eigenvalue weighted by Crippen LogP contribution is -2.47. The van der Waals surface area contributed by atoms with Gasteiger partial charge in [-0.15, -0.1) is 0 Å². The molecule has 1 amide bonds. The Morgan fingerprint density at radius 3 is 2.37 bits per heavy atom. The molecule has 1 aromatic rings. The van der Waals surface area contributed by atoms with Crippen molar-refractivity contribution in [2.75, 3.05) is 5.73 Å². The van der Waals surface area contributed by atoms with Crippen LogP contribution in [0.1, 0.15) is 13.8 Å². The number of carbonyl (C=O) groups excluding carboxylic acids is 1. The Bertz CT molecular complexity index is 587. The zero-order valence-electron chi connectivity index (χ0n) is 10.6. The fraction of sp³-hybridized carbons (Fsp3) is 0.364. The Labute approximate surface area is 111 Å². The van der Waals surface area contributed by atoms with E-state index in [0.717, 1.165) is 18.2 Å². The van der Waals surface area contributed by atoms with Crippen LogP contribution < -0.4 is 16.2 Å². The lowest BCUT2D eigenvalue weighted by molar-refractivity contribution is -0.120. The quantitative estimate of drug-likeness (QED) is 0.671. The van der Waals surface area contributed by atoms with E-state index in [-0.39, 0.29) is 16.5 Å². The van der Waals surface area contributed by atoms with Gasteiger partial charge in [-0.2, -0.15) is 4.72 Å². The van der Waals surface area contributed by atoms with Crippen LogP contribution in [-0.4, -0.2) is 20.4 Å². The predicted molar refractivity (Wildman–Crippen MR) is 69.0 cm³/mol. The number of nitrogen functional groups attached to an aromatic ring is 1. The average Bonchev–Trinajstić information content (AvgIpc) is 2.28. The molecule has 106 valence electrons. The van der Waals surface area contributed by atoms with E-state index in [0.29, 0.717) is 0 Å². The third kappa shape index (κ3) is 3.65. The second-order valence-electron chi connectivity index (χ2n) is 4.43. The fourth-order valence-electron chi connectivity index (χ4n) is 1.43. The normalized spacial score (nSPS) is 13.5. The van der Waals surface area contributed by atoms with E-state index < -0.39 is 27.8 Å². The summed E-state index contributed by atoms with van der Waals surface area (Å²) in [6, 6.07) is 2.01. The minimum Gasteiger partial charge on any atom is -0.396 e. The smallest absolute Gasteiger partial charge is 0.241 e. The van der Waals surface area contributed by atoms with Gasteiger partial charge in [0.1, 0.15) is 11.9 Å².